The summed E-state index contributed by atoms with van der Waals surface area (Å²) in [6.07, 6.45) is 1.73. The van der Waals surface area contributed by atoms with Crippen LogP contribution in [0.3, 0.4) is 0 Å². The number of benzene rings is 2. The summed E-state index contributed by atoms with van der Waals surface area (Å²) in [5, 5.41) is 6.30. The van der Waals surface area contributed by atoms with Gasteiger partial charge < -0.3 is 5.73 Å². The molecule has 1 heterocycles. The van der Waals surface area contributed by atoms with Gasteiger partial charge in [0.25, 0.3) is 0 Å². The van der Waals surface area contributed by atoms with Crippen molar-refractivity contribution < 1.29 is 0 Å². The van der Waals surface area contributed by atoms with Crippen molar-refractivity contribution in [3.63, 3.8) is 0 Å². The lowest BCUT2D eigenvalue weighted by Gasteiger charge is -2.06. The number of pyridine rings is 1. The van der Waals surface area contributed by atoms with Crippen molar-refractivity contribution in [3.8, 4) is 0 Å². The predicted molar refractivity (Wildman–Crippen MR) is 86.8 cm³/mol. The first-order chi connectivity index (χ1) is 9.75. The summed E-state index contributed by atoms with van der Waals surface area (Å²) in [4.78, 5) is 4.65. The van der Waals surface area contributed by atoms with E-state index in [1.807, 2.05) is 48.5 Å². The second-order valence-corrected chi connectivity index (χ2v) is 4.73. The Kier molecular flexibility index (Phi) is 3.26. The topological polar surface area (TPSA) is 63.3 Å². The molecular formula is C15H12N4S. The van der Waals surface area contributed by atoms with Crippen LogP contribution in [0.25, 0.3) is 21.8 Å². The maximum atomic E-state index is 5.38. The van der Waals surface area contributed by atoms with E-state index in [1.165, 1.54) is 0 Å². The molecule has 0 saturated carbocycles. The van der Waals surface area contributed by atoms with Gasteiger partial charge in [-0.15, -0.1) is 0 Å². The van der Waals surface area contributed by atoms with Gasteiger partial charge in [0.1, 0.15) is 0 Å². The van der Waals surface area contributed by atoms with E-state index in [1.54, 1.807) is 6.21 Å². The van der Waals surface area contributed by atoms with E-state index in [-0.39, 0.29) is 5.11 Å². The van der Waals surface area contributed by atoms with Crippen LogP contribution in [0.1, 0.15) is 5.56 Å². The molecule has 0 fully saturated rings. The first kappa shape index (κ1) is 12.5. The highest BCUT2D eigenvalue weighted by Crippen LogP contribution is 2.24. The highest BCUT2D eigenvalue weighted by molar-refractivity contribution is 7.80. The average Bonchev–Trinajstić information content (AvgIpc) is 2.46. The van der Waals surface area contributed by atoms with Crippen molar-refractivity contribution in [2.45, 2.75) is 0 Å². The Morgan fingerprint density at radius 3 is 2.15 bits per heavy atom. The molecule has 98 valence electrons. The number of hydrogen-bond donors (Lipinski definition) is 2. The van der Waals surface area contributed by atoms with Gasteiger partial charge in [0.2, 0.25) is 0 Å². The van der Waals surface area contributed by atoms with Gasteiger partial charge in [-0.3, -0.25) is 5.43 Å². The monoisotopic (exact) mass is 280 g/mol. The minimum atomic E-state index is 0.143. The molecule has 1 aromatic heterocycles. The standard InChI is InChI=1S/C15H12N4S/c16-15(20)19-17-9-12-10-5-1-3-7-13(10)18-14-8-4-2-6-11(12)14/h1-9H,(H3,16,19,20)/b17-9+. The van der Waals surface area contributed by atoms with Gasteiger partial charge in [-0.1, -0.05) is 36.4 Å². The number of nitrogens with zero attached hydrogens (tertiary/aromatic N) is 2. The Labute approximate surface area is 121 Å². The quantitative estimate of drug-likeness (QED) is 0.328. The van der Waals surface area contributed by atoms with E-state index >= 15 is 0 Å². The maximum absolute atomic E-state index is 5.38. The number of hydrazone groups is 1. The van der Waals surface area contributed by atoms with Crippen LogP contribution in [-0.4, -0.2) is 16.3 Å². The summed E-state index contributed by atoms with van der Waals surface area (Å²) >= 11 is 4.74. The van der Waals surface area contributed by atoms with E-state index < -0.39 is 0 Å². The first-order valence-electron chi connectivity index (χ1n) is 6.12. The van der Waals surface area contributed by atoms with E-state index in [9.17, 15) is 0 Å². The number of thiocarbonyl (C=S) groups is 1. The van der Waals surface area contributed by atoms with Crippen molar-refractivity contribution >= 4 is 45.4 Å². The van der Waals surface area contributed by atoms with Crippen LogP contribution < -0.4 is 11.2 Å². The third-order valence-electron chi connectivity index (χ3n) is 3.00. The maximum Gasteiger partial charge on any atom is 0.184 e. The largest absolute Gasteiger partial charge is 0.375 e. The van der Waals surface area contributed by atoms with Gasteiger partial charge >= 0.3 is 0 Å². The van der Waals surface area contributed by atoms with E-state index in [0.29, 0.717) is 0 Å². The molecule has 2 aromatic carbocycles. The number of rotatable bonds is 2. The lowest BCUT2D eigenvalue weighted by atomic mass is 10.0. The molecule has 3 aromatic rings. The molecule has 0 atom stereocenters. The zero-order valence-corrected chi connectivity index (χ0v) is 11.4. The summed E-state index contributed by atoms with van der Waals surface area (Å²) in [6, 6.07) is 15.9. The molecule has 0 radical (unpaired) electrons. The van der Waals surface area contributed by atoms with Crippen LogP contribution in [-0.2, 0) is 0 Å². The van der Waals surface area contributed by atoms with Gasteiger partial charge in [0, 0.05) is 16.3 Å². The predicted octanol–water partition coefficient (Wildman–Crippen LogP) is 2.56. The number of aromatic nitrogens is 1. The fourth-order valence-corrected chi connectivity index (χ4v) is 2.22. The van der Waals surface area contributed by atoms with Crippen LogP contribution in [0.2, 0.25) is 0 Å². The molecule has 0 unspecified atom stereocenters. The molecule has 0 bridgehead atoms. The minimum Gasteiger partial charge on any atom is -0.375 e. The van der Waals surface area contributed by atoms with Crippen molar-refractivity contribution in [2.75, 3.05) is 0 Å². The molecule has 0 saturated heterocycles. The van der Waals surface area contributed by atoms with Crippen molar-refractivity contribution in [1.29, 1.82) is 0 Å². The molecule has 4 nitrogen and oxygen atoms in total. The SMILES string of the molecule is NC(=S)N/N=C/c1c2ccccc2nc2ccccc12. The molecule has 0 aliphatic rings. The number of fused-ring (bicyclic) bond motifs is 2. The highest BCUT2D eigenvalue weighted by Gasteiger charge is 2.06. The van der Waals surface area contributed by atoms with Crippen molar-refractivity contribution in [3.05, 3.63) is 54.1 Å². The van der Waals surface area contributed by atoms with E-state index in [4.69, 9.17) is 18.0 Å². The molecule has 0 spiro atoms. The van der Waals surface area contributed by atoms with Gasteiger partial charge in [0.05, 0.1) is 17.2 Å². The summed E-state index contributed by atoms with van der Waals surface area (Å²) in [5.41, 5.74) is 10.8. The van der Waals surface area contributed by atoms with Gasteiger partial charge in [-0.25, -0.2) is 4.98 Å². The lowest BCUT2D eigenvalue weighted by molar-refractivity contribution is 1.04. The van der Waals surface area contributed by atoms with Gasteiger partial charge in [-0.2, -0.15) is 5.10 Å². The molecule has 0 aliphatic heterocycles. The Morgan fingerprint density at radius 2 is 1.60 bits per heavy atom. The second kappa shape index (κ2) is 5.22. The zero-order chi connectivity index (χ0) is 13.9. The third kappa shape index (κ3) is 2.31. The number of nitrogens with two attached hydrogens (primary N) is 1. The van der Waals surface area contributed by atoms with Gasteiger partial charge in [-0.05, 0) is 24.4 Å². The molecule has 3 rings (SSSR count). The zero-order valence-electron chi connectivity index (χ0n) is 10.6. The van der Waals surface area contributed by atoms with Crippen molar-refractivity contribution in [1.82, 2.24) is 10.4 Å². The van der Waals surface area contributed by atoms with Crippen LogP contribution in [0.5, 0.6) is 0 Å². The fraction of sp³-hybridized carbons (Fsp3) is 0. The van der Waals surface area contributed by atoms with Crippen molar-refractivity contribution in [2.24, 2.45) is 10.8 Å². The third-order valence-corrected chi connectivity index (χ3v) is 3.09. The molecule has 3 N–H and O–H groups in total. The normalized spacial score (nSPS) is 11.2. The Morgan fingerprint density at radius 1 is 1.05 bits per heavy atom. The Hall–Kier alpha value is -2.53. The smallest absolute Gasteiger partial charge is 0.184 e. The van der Waals surface area contributed by atoms with E-state index in [2.05, 4.69) is 15.5 Å². The Bertz CT molecular complexity index is 772. The molecular weight excluding hydrogens is 268 g/mol. The van der Waals surface area contributed by atoms with Crippen LogP contribution in [0.15, 0.2) is 53.6 Å². The van der Waals surface area contributed by atoms with Crippen LogP contribution in [0, 0.1) is 0 Å². The molecule has 0 aliphatic carbocycles. The summed E-state index contributed by atoms with van der Waals surface area (Å²) in [7, 11) is 0. The summed E-state index contributed by atoms with van der Waals surface area (Å²) in [6.45, 7) is 0. The molecule has 0 amide bonds. The van der Waals surface area contributed by atoms with E-state index in [0.717, 1.165) is 27.4 Å². The molecule has 20 heavy (non-hydrogen) atoms. The molecule has 5 heteroatoms. The fourth-order valence-electron chi connectivity index (χ4n) is 2.17. The van der Waals surface area contributed by atoms with Gasteiger partial charge in [0.15, 0.2) is 5.11 Å². The average molecular weight is 280 g/mol. The van der Waals surface area contributed by atoms with Crippen LogP contribution in [0.4, 0.5) is 0 Å². The lowest BCUT2D eigenvalue weighted by Crippen LogP contribution is -2.24. The summed E-state index contributed by atoms with van der Waals surface area (Å²) < 4.78 is 0. The number of nitrogens with one attached hydrogen (secondary N) is 1. The minimum absolute atomic E-state index is 0.143. The first-order valence-corrected chi connectivity index (χ1v) is 6.52. The Balaban J connectivity index is 2.27. The summed E-state index contributed by atoms with van der Waals surface area (Å²) in [5.74, 6) is 0. The second-order valence-electron chi connectivity index (χ2n) is 4.29. The highest BCUT2D eigenvalue weighted by atomic mass is 32.1. The number of para-hydroxylation sites is 2. The van der Waals surface area contributed by atoms with Crippen LogP contribution >= 0.6 is 12.2 Å². The number of hydrogen-bond acceptors (Lipinski definition) is 3.